The second-order valence-corrected chi connectivity index (χ2v) is 3.58. The third kappa shape index (κ3) is 3.53. The van der Waals surface area contributed by atoms with Crippen LogP contribution in [-0.4, -0.2) is 33.0 Å². The summed E-state index contributed by atoms with van der Waals surface area (Å²) >= 11 is 6.02. The Morgan fingerprint density at radius 1 is 1.50 bits per heavy atom. The number of hydrogen-bond acceptors (Lipinski definition) is 6. The Morgan fingerprint density at radius 2 is 2.22 bits per heavy atom. The van der Waals surface area contributed by atoms with Crippen LogP contribution in [0.2, 0.25) is 5.02 Å². The number of hydrogen-bond donors (Lipinski definition) is 1. The third-order valence-electron chi connectivity index (χ3n) is 2.04. The van der Waals surface area contributed by atoms with Gasteiger partial charge in [0.15, 0.2) is 18.1 Å². The number of esters is 1. The van der Waals surface area contributed by atoms with Crippen LogP contribution in [0.15, 0.2) is 17.2 Å². The fourth-order valence-electron chi connectivity index (χ4n) is 1.23. The molecule has 0 saturated heterocycles. The molecular formula is C11H13ClN2O4. The minimum atomic E-state index is -0.513. The monoisotopic (exact) mass is 272 g/mol. The lowest BCUT2D eigenvalue weighted by Gasteiger charge is -2.12. The van der Waals surface area contributed by atoms with Gasteiger partial charge in [0.25, 0.3) is 0 Å². The molecule has 0 saturated carbocycles. The highest BCUT2D eigenvalue weighted by atomic mass is 35.5. The number of halogens is 1. The minimum absolute atomic E-state index is 0.253. The molecule has 0 spiro atoms. The van der Waals surface area contributed by atoms with Crippen LogP contribution in [-0.2, 0) is 9.53 Å². The van der Waals surface area contributed by atoms with Crippen molar-refractivity contribution >= 4 is 23.8 Å². The zero-order chi connectivity index (χ0) is 13.5. The molecule has 0 heterocycles. The van der Waals surface area contributed by atoms with Crippen molar-refractivity contribution in [3.05, 3.63) is 22.7 Å². The van der Waals surface area contributed by atoms with E-state index in [1.807, 2.05) is 0 Å². The Hall–Kier alpha value is -1.95. The van der Waals surface area contributed by atoms with Crippen molar-refractivity contribution in [2.24, 2.45) is 10.9 Å². The smallest absolute Gasteiger partial charge is 0.343 e. The second kappa shape index (κ2) is 6.70. The van der Waals surface area contributed by atoms with E-state index in [9.17, 15) is 4.79 Å². The van der Waals surface area contributed by atoms with Crippen molar-refractivity contribution in [2.45, 2.75) is 0 Å². The summed E-state index contributed by atoms with van der Waals surface area (Å²) in [6.07, 6.45) is 1.42. The van der Waals surface area contributed by atoms with Gasteiger partial charge >= 0.3 is 5.97 Å². The van der Waals surface area contributed by atoms with Crippen molar-refractivity contribution in [3.8, 4) is 11.5 Å². The lowest BCUT2D eigenvalue weighted by atomic mass is 10.2. The summed E-state index contributed by atoms with van der Waals surface area (Å²) in [6, 6.07) is 3.22. The molecule has 0 unspecified atom stereocenters. The average Bonchev–Trinajstić information content (AvgIpc) is 2.36. The van der Waals surface area contributed by atoms with Crippen molar-refractivity contribution < 1.29 is 19.0 Å². The van der Waals surface area contributed by atoms with Gasteiger partial charge in [0, 0.05) is 0 Å². The maximum absolute atomic E-state index is 11.0. The highest BCUT2D eigenvalue weighted by molar-refractivity contribution is 6.32. The average molecular weight is 273 g/mol. The molecule has 1 rings (SSSR count). The van der Waals surface area contributed by atoms with E-state index in [1.165, 1.54) is 20.4 Å². The third-order valence-corrected chi connectivity index (χ3v) is 2.32. The summed E-state index contributed by atoms with van der Waals surface area (Å²) < 4.78 is 14.8. The molecule has 1 aromatic carbocycles. The summed E-state index contributed by atoms with van der Waals surface area (Å²) in [5.41, 5.74) is 0.657. The SMILES string of the molecule is COC(=O)COc1c(Cl)cc(C=NN)cc1OC. The largest absolute Gasteiger partial charge is 0.493 e. The van der Waals surface area contributed by atoms with E-state index < -0.39 is 5.97 Å². The highest BCUT2D eigenvalue weighted by Gasteiger charge is 2.13. The molecule has 0 aromatic heterocycles. The maximum atomic E-state index is 11.0. The van der Waals surface area contributed by atoms with Crippen molar-refractivity contribution in [2.75, 3.05) is 20.8 Å². The van der Waals surface area contributed by atoms with Gasteiger partial charge < -0.3 is 20.1 Å². The highest BCUT2D eigenvalue weighted by Crippen LogP contribution is 2.35. The first-order valence-corrected chi connectivity index (χ1v) is 5.30. The van der Waals surface area contributed by atoms with Gasteiger partial charge in [0.1, 0.15) is 0 Å². The van der Waals surface area contributed by atoms with E-state index in [0.717, 1.165) is 0 Å². The van der Waals surface area contributed by atoms with Crippen LogP contribution in [0.4, 0.5) is 0 Å². The predicted octanol–water partition coefficient (Wildman–Crippen LogP) is 1.19. The van der Waals surface area contributed by atoms with E-state index in [0.29, 0.717) is 11.3 Å². The fourth-order valence-corrected chi connectivity index (χ4v) is 1.50. The number of methoxy groups -OCH3 is 2. The molecule has 0 amide bonds. The second-order valence-electron chi connectivity index (χ2n) is 3.18. The lowest BCUT2D eigenvalue weighted by Crippen LogP contribution is -2.13. The van der Waals surface area contributed by atoms with E-state index in [1.54, 1.807) is 12.1 Å². The zero-order valence-corrected chi connectivity index (χ0v) is 10.7. The van der Waals surface area contributed by atoms with Crippen molar-refractivity contribution in [1.82, 2.24) is 0 Å². The van der Waals surface area contributed by atoms with Crippen LogP contribution in [0.5, 0.6) is 11.5 Å². The number of rotatable bonds is 5. The zero-order valence-electron chi connectivity index (χ0n) is 9.97. The van der Waals surface area contributed by atoms with E-state index >= 15 is 0 Å². The number of carbonyl (C=O) groups excluding carboxylic acids is 1. The van der Waals surface area contributed by atoms with Gasteiger partial charge in [-0.3, -0.25) is 0 Å². The molecule has 0 aliphatic carbocycles. The maximum Gasteiger partial charge on any atom is 0.343 e. The van der Waals surface area contributed by atoms with Crippen LogP contribution in [0.1, 0.15) is 5.56 Å². The molecule has 0 atom stereocenters. The molecule has 18 heavy (non-hydrogen) atoms. The molecule has 0 aliphatic heterocycles. The van der Waals surface area contributed by atoms with Crippen molar-refractivity contribution in [1.29, 1.82) is 0 Å². The van der Waals surface area contributed by atoms with E-state index in [2.05, 4.69) is 9.84 Å². The molecule has 1 aromatic rings. The lowest BCUT2D eigenvalue weighted by molar-refractivity contribution is -0.142. The summed E-state index contributed by atoms with van der Waals surface area (Å²) in [5, 5.41) is 3.67. The van der Waals surface area contributed by atoms with E-state index in [-0.39, 0.29) is 17.4 Å². The molecule has 0 radical (unpaired) electrons. The normalized spacial score (nSPS) is 10.4. The Balaban J connectivity index is 2.99. The number of carbonyl (C=O) groups is 1. The fraction of sp³-hybridized carbons (Fsp3) is 0.273. The minimum Gasteiger partial charge on any atom is -0.493 e. The van der Waals surface area contributed by atoms with Crippen LogP contribution >= 0.6 is 11.6 Å². The van der Waals surface area contributed by atoms with Gasteiger partial charge in [-0.25, -0.2) is 4.79 Å². The molecule has 2 N–H and O–H groups in total. The van der Waals surface area contributed by atoms with Gasteiger partial charge in [-0.1, -0.05) is 11.6 Å². The Bertz CT molecular complexity index is 463. The molecule has 7 heteroatoms. The first-order valence-electron chi connectivity index (χ1n) is 4.92. The molecule has 0 bridgehead atoms. The summed E-state index contributed by atoms with van der Waals surface area (Å²) in [4.78, 5) is 11.0. The molecule has 98 valence electrons. The standard InChI is InChI=1S/C11H13ClN2O4/c1-16-9-4-7(5-14-13)3-8(12)11(9)18-6-10(15)17-2/h3-5H,6,13H2,1-2H3. The van der Waals surface area contributed by atoms with Gasteiger partial charge in [-0.05, 0) is 17.7 Å². The van der Waals surface area contributed by atoms with Crippen LogP contribution < -0.4 is 15.3 Å². The first-order chi connectivity index (χ1) is 8.62. The van der Waals surface area contributed by atoms with Gasteiger partial charge in [0.2, 0.25) is 0 Å². The Labute approximate surface area is 109 Å². The van der Waals surface area contributed by atoms with Gasteiger partial charge in [0.05, 0.1) is 25.5 Å². The van der Waals surface area contributed by atoms with Crippen LogP contribution in [0.3, 0.4) is 0 Å². The number of ether oxygens (including phenoxy) is 3. The van der Waals surface area contributed by atoms with Gasteiger partial charge in [-0.2, -0.15) is 5.10 Å². The summed E-state index contributed by atoms with van der Waals surface area (Å²) in [6.45, 7) is -0.253. The quantitative estimate of drug-likeness (QED) is 0.377. The molecule has 0 aliphatic rings. The van der Waals surface area contributed by atoms with Gasteiger partial charge in [-0.15, -0.1) is 0 Å². The number of benzene rings is 1. The van der Waals surface area contributed by atoms with E-state index in [4.69, 9.17) is 26.9 Å². The first kappa shape index (κ1) is 14.1. The molecular weight excluding hydrogens is 260 g/mol. The predicted molar refractivity (Wildman–Crippen MR) is 67.3 cm³/mol. The van der Waals surface area contributed by atoms with Crippen LogP contribution in [0, 0.1) is 0 Å². The van der Waals surface area contributed by atoms with Crippen LogP contribution in [0.25, 0.3) is 0 Å². The number of nitrogens with zero attached hydrogens (tertiary/aromatic N) is 1. The summed E-state index contributed by atoms with van der Waals surface area (Å²) in [5.74, 6) is 5.18. The molecule has 0 fully saturated rings. The number of hydrazone groups is 1. The molecule has 6 nitrogen and oxygen atoms in total. The topological polar surface area (TPSA) is 83.1 Å². The summed E-state index contributed by atoms with van der Waals surface area (Å²) in [7, 11) is 2.73. The number of nitrogens with two attached hydrogens (primary N) is 1. The Kier molecular flexibility index (Phi) is 5.26. The van der Waals surface area contributed by atoms with Crippen molar-refractivity contribution in [3.63, 3.8) is 0 Å². The Morgan fingerprint density at radius 3 is 2.78 bits per heavy atom.